The standard InChI is InChI=1S/C20H21BrF3N3O3/c21-15-16(20(22,23)24)25-17-14(2-1-7-27(17)19(15)29)12-3-5-13(6-4-12)18(28)26-8-10-30-11-9-26/h2-3,13H,1,4-11H2. The van der Waals surface area contributed by atoms with E-state index in [2.05, 4.69) is 20.9 Å². The minimum atomic E-state index is -4.73. The van der Waals surface area contributed by atoms with Crippen molar-refractivity contribution in [3.05, 3.63) is 44.1 Å². The summed E-state index contributed by atoms with van der Waals surface area (Å²) in [5.41, 5.74) is -0.525. The van der Waals surface area contributed by atoms with Gasteiger partial charge in [0.25, 0.3) is 5.56 Å². The number of hydrogen-bond acceptors (Lipinski definition) is 4. The van der Waals surface area contributed by atoms with E-state index in [1.54, 1.807) is 0 Å². The van der Waals surface area contributed by atoms with Crippen LogP contribution in [0.2, 0.25) is 0 Å². The van der Waals surface area contributed by atoms with Crippen LogP contribution in [0.5, 0.6) is 0 Å². The molecule has 1 saturated heterocycles. The number of nitrogens with zero attached hydrogens (tertiary/aromatic N) is 3. The Morgan fingerprint density at radius 1 is 1.20 bits per heavy atom. The van der Waals surface area contributed by atoms with E-state index in [0.717, 1.165) is 5.57 Å². The smallest absolute Gasteiger partial charge is 0.378 e. The molecule has 1 aromatic heterocycles. The first-order chi connectivity index (χ1) is 14.3. The summed E-state index contributed by atoms with van der Waals surface area (Å²) in [6.45, 7) is 2.55. The van der Waals surface area contributed by atoms with Gasteiger partial charge in [-0.2, -0.15) is 13.2 Å². The molecule has 0 N–H and O–H groups in total. The van der Waals surface area contributed by atoms with E-state index in [1.165, 1.54) is 4.57 Å². The van der Waals surface area contributed by atoms with Gasteiger partial charge in [-0.15, -0.1) is 0 Å². The van der Waals surface area contributed by atoms with Gasteiger partial charge in [0.05, 0.1) is 13.2 Å². The summed E-state index contributed by atoms with van der Waals surface area (Å²) < 4.78 is 46.1. The van der Waals surface area contributed by atoms with Crippen LogP contribution in [0.15, 0.2) is 27.0 Å². The highest BCUT2D eigenvalue weighted by Gasteiger charge is 2.38. The van der Waals surface area contributed by atoms with Crippen LogP contribution < -0.4 is 5.56 Å². The normalized spacial score (nSPS) is 22.3. The zero-order chi connectivity index (χ0) is 21.5. The minimum Gasteiger partial charge on any atom is -0.378 e. The number of hydrogen-bond donors (Lipinski definition) is 0. The zero-order valence-corrected chi connectivity index (χ0v) is 17.8. The van der Waals surface area contributed by atoms with Gasteiger partial charge in [-0.05, 0) is 47.2 Å². The van der Waals surface area contributed by atoms with E-state index in [9.17, 15) is 22.8 Å². The molecule has 1 aromatic rings. The van der Waals surface area contributed by atoms with E-state index in [4.69, 9.17) is 4.74 Å². The van der Waals surface area contributed by atoms with Crippen LogP contribution >= 0.6 is 15.9 Å². The number of carbonyl (C=O) groups is 1. The molecule has 1 aliphatic carbocycles. The lowest BCUT2D eigenvalue weighted by Crippen LogP contribution is -2.44. The minimum absolute atomic E-state index is 0.0472. The fourth-order valence-corrected chi connectivity index (χ4v) is 4.71. The molecule has 1 atom stereocenters. The lowest BCUT2D eigenvalue weighted by molar-refractivity contribution is -0.142. The summed E-state index contributed by atoms with van der Waals surface area (Å²) >= 11 is 2.77. The Morgan fingerprint density at radius 2 is 1.93 bits per heavy atom. The molecule has 1 fully saturated rings. The number of amides is 1. The van der Waals surface area contributed by atoms with Crippen molar-refractivity contribution >= 4 is 27.4 Å². The second kappa shape index (κ2) is 8.30. The summed E-state index contributed by atoms with van der Waals surface area (Å²) in [7, 11) is 0. The van der Waals surface area contributed by atoms with Crippen molar-refractivity contribution in [3.63, 3.8) is 0 Å². The Hall–Kier alpha value is -1.94. The van der Waals surface area contributed by atoms with Crippen molar-refractivity contribution in [1.29, 1.82) is 0 Å². The van der Waals surface area contributed by atoms with Crippen LogP contribution in [0, 0.1) is 5.92 Å². The summed E-state index contributed by atoms with van der Waals surface area (Å²) in [5.74, 6) is 0.0112. The molecule has 0 saturated carbocycles. The lowest BCUT2D eigenvalue weighted by Gasteiger charge is -2.32. The molecule has 1 amide bonds. The van der Waals surface area contributed by atoms with Crippen molar-refractivity contribution in [1.82, 2.24) is 14.5 Å². The Labute approximate surface area is 179 Å². The third-order valence-electron chi connectivity index (χ3n) is 5.75. The van der Waals surface area contributed by atoms with E-state index in [-0.39, 0.29) is 24.2 Å². The number of ether oxygens (including phenoxy) is 1. The van der Waals surface area contributed by atoms with Gasteiger partial charge >= 0.3 is 6.18 Å². The number of rotatable bonds is 2. The molecule has 0 radical (unpaired) electrons. The molecule has 6 nitrogen and oxygen atoms in total. The number of allylic oxidation sites excluding steroid dienone is 4. The Bertz CT molecular complexity index is 978. The summed E-state index contributed by atoms with van der Waals surface area (Å²) in [4.78, 5) is 30.8. The number of carbonyl (C=O) groups excluding carboxylic acids is 1. The van der Waals surface area contributed by atoms with Gasteiger partial charge in [-0.1, -0.05) is 12.2 Å². The van der Waals surface area contributed by atoms with Gasteiger partial charge in [0.15, 0.2) is 5.69 Å². The second-order valence-corrected chi connectivity index (χ2v) is 8.39. The van der Waals surface area contributed by atoms with Crippen LogP contribution in [0.1, 0.15) is 37.2 Å². The van der Waals surface area contributed by atoms with Crippen molar-refractivity contribution in [2.75, 3.05) is 26.3 Å². The number of morpholine rings is 1. The van der Waals surface area contributed by atoms with Crippen LogP contribution in [0.4, 0.5) is 13.2 Å². The molecule has 162 valence electrons. The third kappa shape index (κ3) is 3.99. The van der Waals surface area contributed by atoms with Crippen LogP contribution in [0.25, 0.3) is 5.57 Å². The highest BCUT2D eigenvalue weighted by Crippen LogP contribution is 2.37. The molecule has 3 aliphatic rings. The largest absolute Gasteiger partial charge is 0.434 e. The molecule has 0 spiro atoms. The van der Waals surface area contributed by atoms with E-state index in [0.29, 0.717) is 57.6 Å². The predicted octanol–water partition coefficient (Wildman–Crippen LogP) is 3.40. The molecule has 4 rings (SSSR count). The fourth-order valence-electron chi connectivity index (χ4n) is 4.18. The van der Waals surface area contributed by atoms with Gasteiger partial charge < -0.3 is 9.64 Å². The van der Waals surface area contributed by atoms with Crippen LogP contribution in [-0.2, 0) is 22.3 Å². The van der Waals surface area contributed by atoms with Crippen LogP contribution in [-0.4, -0.2) is 46.7 Å². The van der Waals surface area contributed by atoms with Gasteiger partial charge in [0.1, 0.15) is 10.3 Å². The van der Waals surface area contributed by atoms with Crippen molar-refractivity contribution < 1.29 is 22.7 Å². The lowest BCUT2D eigenvalue weighted by atomic mass is 9.84. The topological polar surface area (TPSA) is 64.4 Å². The zero-order valence-electron chi connectivity index (χ0n) is 16.2. The summed E-state index contributed by atoms with van der Waals surface area (Å²) in [5, 5.41) is 0. The van der Waals surface area contributed by atoms with Crippen molar-refractivity contribution in [2.24, 2.45) is 5.92 Å². The molecular weight excluding hydrogens is 467 g/mol. The summed E-state index contributed by atoms with van der Waals surface area (Å²) in [6.07, 6.45) is 1.26. The monoisotopic (exact) mass is 487 g/mol. The number of fused-ring (bicyclic) bond motifs is 1. The Balaban J connectivity index is 1.60. The fraction of sp³-hybridized carbons (Fsp3) is 0.550. The van der Waals surface area contributed by atoms with E-state index < -0.39 is 21.9 Å². The highest BCUT2D eigenvalue weighted by atomic mass is 79.9. The molecule has 1 unspecified atom stereocenters. The molecular formula is C20H21BrF3N3O3. The SMILES string of the molecule is O=C(C1CC=C(C2=CCCn3c2nc(C(F)(F)F)c(Br)c3=O)CC1)N1CCOCC1. The second-order valence-electron chi connectivity index (χ2n) is 7.60. The van der Waals surface area contributed by atoms with Crippen molar-refractivity contribution in [2.45, 2.75) is 38.4 Å². The molecule has 3 heterocycles. The summed E-state index contributed by atoms with van der Waals surface area (Å²) in [6, 6.07) is 0. The van der Waals surface area contributed by atoms with Crippen molar-refractivity contribution in [3.8, 4) is 0 Å². The first kappa shape index (κ1) is 21.3. The average Bonchev–Trinajstić information content (AvgIpc) is 2.75. The first-order valence-electron chi connectivity index (χ1n) is 9.91. The highest BCUT2D eigenvalue weighted by molar-refractivity contribution is 9.10. The third-order valence-corrected chi connectivity index (χ3v) is 6.47. The molecule has 0 bridgehead atoms. The maximum absolute atomic E-state index is 13.4. The first-order valence-corrected chi connectivity index (χ1v) is 10.7. The average molecular weight is 488 g/mol. The molecule has 10 heteroatoms. The predicted molar refractivity (Wildman–Crippen MR) is 107 cm³/mol. The van der Waals surface area contributed by atoms with Crippen LogP contribution in [0.3, 0.4) is 0 Å². The Morgan fingerprint density at radius 3 is 2.57 bits per heavy atom. The maximum atomic E-state index is 13.4. The molecule has 2 aliphatic heterocycles. The molecule has 0 aromatic carbocycles. The number of alkyl halides is 3. The van der Waals surface area contributed by atoms with Gasteiger partial charge in [0, 0.05) is 31.1 Å². The van der Waals surface area contributed by atoms with Gasteiger partial charge in [-0.3, -0.25) is 14.2 Å². The van der Waals surface area contributed by atoms with Gasteiger partial charge in [0.2, 0.25) is 5.91 Å². The van der Waals surface area contributed by atoms with E-state index in [1.807, 2.05) is 17.1 Å². The Kier molecular flexibility index (Phi) is 5.89. The molecule has 30 heavy (non-hydrogen) atoms. The quantitative estimate of drug-likeness (QED) is 0.641. The van der Waals surface area contributed by atoms with E-state index >= 15 is 0 Å². The van der Waals surface area contributed by atoms with Gasteiger partial charge in [-0.25, -0.2) is 4.98 Å². The number of aromatic nitrogens is 2. The maximum Gasteiger partial charge on any atom is 0.434 e. The number of halogens is 4.